The van der Waals surface area contributed by atoms with Crippen LogP contribution in [0.15, 0.2) is 5.38 Å². The minimum absolute atomic E-state index is 0.521. The Morgan fingerprint density at radius 3 is 2.94 bits per heavy atom. The summed E-state index contributed by atoms with van der Waals surface area (Å²) in [6, 6.07) is 0.521. The SMILES string of the molecule is CC1SCC(c2nc(C3CCCN3)cs2)SC1C. The van der Waals surface area contributed by atoms with Crippen LogP contribution in [-0.2, 0) is 0 Å². The Kier molecular flexibility index (Phi) is 4.23. The van der Waals surface area contributed by atoms with Gasteiger partial charge in [-0.15, -0.1) is 23.1 Å². The lowest BCUT2D eigenvalue weighted by Crippen LogP contribution is -2.22. The number of aromatic nitrogens is 1. The van der Waals surface area contributed by atoms with Crippen LogP contribution in [0.1, 0.15) is 48.7 Å². The Morgan fingerprint density at radius 1 is 1.33 bits per heavy atom. The number of nitrogens with one attached hydrogen (secondary N) is 1. The first-order chi connectivity index (χ1) is 8.74. The van der Waals surface area contributed by atoms with Gasteiger partial charge in [0.25, 0.3) is 0 Å². The number of rotatable bonds is 2. The van der Waals surface area contributed by atoms with Gasteiger partial charge in [0, 0.05) is 21.6 Å². The molecule has 0 spiro atoms. The summed E-state index contributed by atoms with van der Waals surface area (Å²) >= 11 is 6.07. The molecule has 2 fully saturated rings. The summed E-state index contributed by atoms with van der Waals surface area (Å²) in [5.41, 5.74) is 1.28. The Morgan fingerprint density at radius 2 is 2.22 bits per heavy atom. The van der Waals surface area contributed by atoms with E-state index < -0.39 is 0 Å². The van der Waals surface area contributed by atoms with Crippen molar-refractivity contribution in [2.45, 2.75) is 48.5 Å². The lowest BCUT2D eigenvalue weighted by atomic mass is 10.2. The van der Waals surface area contributed by atoms with Gasteiger partial charge in [0.1, 0.15) is 5.01 Å². The molecule has 0 aromatic carbocycles. The summed E-state index contributed by atoms with van der Waals surface area (Å²) in [5.74, 6) is 1.22. The van der Waals surface area contributed by atoms with E-state index >= 15 is 0 Å². The summed E-state index contributed by atoms with van der Waals surface area (Å²) in [5, 5.41) is 9.28. The molecule has 0 radical (unpaired) electrons. The minimum atomic E-state index is 0.521. The van der Waals surface area contributed by atoms with Crippen molar-refractivity contribution in [2.24, 2.45) is 0 Å². The first-order valence-electron chi connectivity index (χ1n) is 6.70. The standard InChI is InChI=1S/C13H20N2S3/c1-8-9(2)18-12(7-16-8)13-15-11(6-17-13)10-4-3-5-14-10/h6,8-10,12,14H,3-5,7H2,1-2H3. The van der Waals surface area contributed by atoms with Gasteiger partial charge in [-0.25, -0.2) is 4.98 Å². The van der Waals surface area contributed by atoms with Crippen LogP contribution < -0.4 is 5.32 Å². The average molecular weight is 301 g/mol. The number of hydrogen-bond donors (Lipinski definition) is 1. The van der Waals surface area contributed by atoms with E-state index in [0.717, 1.165) is 17.0 Å². The van der Waals surface area contributed by atoms with E-state index in [-0.39, 0.29) is 0 Å². The highest BCUT2D eigenvalue weighted by Crippen LogP contribution is 2.45. The van der Waals surface area contributed by atoms with E-state index in [9.17, 15) is 0 Å². The zero-order chi connectivity index (χ0) is 12.5. The normalized spacial score (nSPS) is 37.0. The van der Waals surface area contributed by atoms with Gasteiger partial charge in [-0.3, -0.25) is 0 Å². The topological polar surface area (TPSA) is 24.9 Å². The highest BCUT2D eigenvalue weighted by molar-refractivity contribution is 8.07. The van der Waals surface area contributed by atoms with Crippen LogP contribution in [0.25, 0.3) is 0 Å². The van der Waals surface area contributed by atoms with Gasteiger partial charge < -0.3 is 5.32 Å². The van der Waals surface area contributed by atoms with Crippen molar-refractivity contribution in [3.8, 4) is 0 Å². The molecule has 4 atom stereocenters. The lowest BCUT2D eigenvalue weighted by molar-refractivity contribution is 0.629. The molecule has 100 valence electrons. The average Bonchev–Trinajstić information content (AvgIpc) is 3.01. The van der Waals surface area contributed by atoms with Crippen molar-refractivity contribution < 1.29 is 0 Å². The fourth-order valence-electron chi connectivity index (χ4n) is 2.46. The summed E-state index contributed by atoms with van der Waals surface area (Å²) in [6.07, 6.45) is 2.54. The predicted octanol–water partition coefficient (Wildman–Crippen LogP) is 3.87. The van der Waals surface area contributed by atoms with Gasteiger partial charge >= 0.3 is 0 Å². The third kappa shape index (κ3) is 2.74. The Balaban J connectivity index is 1.69. The molecular formula is C13H20N2S3. The molecule has 18 heavy (non-hydrogen) atoms. The van der Waals surface area contributed by atoms with Crippen LogP contribution in [0, 0.1) is 0 Å². The first kappa shape index (κ1) is 13.3. The number of thioether (sulfide) groups is 2. The van der Waals surface area contributed by atoms with Gasteiger partial charge in [0.05, 0.1) is 17.0 Å². The monoisotopic (exact) mass is 300 g/mol. The predicted molar refractivity (Wildman–Crippen MR) is 83.8 cm³/mol. The van der Waals surface area contributed by atoms with E-state index in [1.807, 2.05) is 11.3 Å². The molecule has 3 rings (SSSR count). The smallest absolute Gasteiger partial charge is 0.107 e. The van der Waals surface area contributed by atoms with E-state index in [1.54, 1.807) is 0 Å². The molecular weight excluding hydrogens is 280 g/mol. The quantitative estimate of drug-likeness (QED) is 0.896. The maximum absolute atomic E-state index is 4.90. The molecule has 1 aromatic rings. The maximum Gasteiger partial charge on any atom is 0.107 e. The molecule has 1 N–H and O–H groups in total. The van der Waals surface area contributed by atoms with Crippen LogP contribution in [0.2, 0.25) is 0 Å². The number of hydrogen-bond acceptors (Lipinski definition) is 5. The third-order valence-corrected chi connectivity index (χ3v) is 8.31. The highest BCUT2D eigenvalue weighted by atomic mass is 32.2. The fraction of sp³-hybridized carbons (Fsp3) is 0.769. The fourth-order valence-corrected chi connectivity index (χ4v) is 6.54. The molecule has 2 aliphatic rings. The minimum Gasteiger partial charge on any atom is -0.309 e. The van der Waals surface area contributed by atoms with E-state index in [2.05, 4.69) is 48.1 Å². The molecule has 3 heterocycles. The zero-order valence-corrected chi connectivity index (χ0v) is 13.3. The second kappa shape index (κ2) is 5.73. The molecule has 0 saturated carbocycles. The van der Waals surface area contributed by atoms with Gasteiger partial charge in [-0.2, -0.15) is 11.8 Å². The number of nitrogens with zero attached hydrogens (tertiary/aromatic N) is 1. The molecule has 2 saturated heterocycles. The molecule has 2 aliphatic heterocycles. The van der Waals surface area contributed by atoms with Gasteiger partial charge in [-0.05, 0) is 19.4 Å². The largest absolute Gasteiger partial charge is 0.309 e. The van der Waals surface area contributed by atoms with Crippen molar-refractivity contribution in [2.75, 3.05) is 12.3 Å². The molecule has 4 unspecified atom stereocenters. The molecule has 5 heteroatoms. The third-order valence-electron chi connectivity index (χ3n) is 3.78. The van der Waals surface area contributed by atoms with Crippen molar-refractivity contribution >= 4 is 34.9 Å². The van der Waals surface area contributed by atoms with Crippen molar-refractivity contribution in [3.05, 3.63) is 16.1 Å². The first-order valence-corrected chi connectivity index (χ1v) is 9.57. The molecule has 2 nitrogen and oxygen atoms in total. The van der Waals surface area contributed by atoms with Crippen molar-refractivity contribution in [1.29, 1.82) is 0 Å². The van der Waals surface area contributed by atoms with E-state index in [4.69, 9.17) is 4.98 Å². The Hall–Kier alpha value is 0.290. The Bertz CT molecular complexity index is 401. The number of thiazole rings is 1. The summed E-state index contributed by atoms with van der Waals surface area (Å²) in [7, 11) is 0. The molecule has 0 amide bonds. The second-order valence-corrected chi connectivity index (χ2v) is 9.01. The maximum atomic E-state index is 4.90. The van der Waals surface area contributed by atoms with E-state index in [0.29, 0.717) is 11.3 Å². The zero-order valence-electron chi connectivity index (χ0n) is 10.9. The highest BCUT2D eigenvalue weighted by Gasteiger charge is 2.29. The summed E-state index contributed by atoms with van der Waals surface area (Å²) < 4.78 is 0. The van der Waals surface area contributed by atoms with E-state index in [1.165, 1.54) is 29.3 Å². The van der Waals surface area contributed by atoms with Gasteiger partial charge in [0.15, 0.2) is 0 Å². The van der Waals surface area contributed by atoms with Crippen LogP contribution in [0.5, 0.6) is 0 Å². The van der Waals surface area contributed by atoms with Crippen LogP contribution in [0.4, 0.5) is 0 Å². The molecule has 1 aromatic heterocycles. The molecule has 0 bridgehead atoms. The second-order valence-electron chi connectivity index (χ2n) is 5.13. The van der Waals surface area contributed by atoms with Crippen molar-refractivity contribution in [1.82, 2.24) is 10.3 Å². The van der Waals surface area contributed by atoms with Crippen LogP contribution in [-0.4, -0.2) is 27.8 Å². The summed E-state index contributed by atoms with van der Waals surface area (Å²) in [6.45, 7) is 5.84. The van der Waals surface area contributed by atoms with Crippen LogP contribution in [0.3, 0.4) is 0 Å². The van der Waals surface area contributed by atoms with Crippen molar-refractivity contribution in [3.63, 3.8) is 0 Å². The van der Waals surface area contributed by atoms with Gasteiger partial charge in [0.2, 0.25) is 0 Å². The Labute approximate surface area is 122 Å². The molecule has 0 aliphatic carbocycles. The van der Waals surface area contributed by atoms with Gasteiger partial charge in [-0.1, -0.05) is 13.8 Å². The van der Waals surface area contributed by atoms with Crippen LogP contribution >= 0.6 is 34.9 Å². The summed E-state index contributed by atoms with van der Waals surface area (Å²) in [4.78, 5) is 4.90. The lowest BCUT2D eigenvalue weighted by Gasteiger charge is -2.30.